The molecule has 0 saturated heterocycles. The van der Waals surface area contributed by atoms with Crippen molar-refractivity contribution < 1.29 is 17.6 Å². The molecule has 3 aromatic rings. The van der Waals surface area contributed by atoms with Gasteiger partial charge in [0.25, 0.3) is 5.91 Å². The quantitative estimate of drug-likeness (QED) is 0.686. The Labute approximate surface area is 150 Å². The first-order valence-electron chi connectivity index (χ1n) is 7.77. The van der Waals surface area contributed by atoms with Crippen LogP contribution >= 0.6 is 0 Å². The van der Waals surface area contributed by atoms with Crippen LogP contribution in [0.25, 0.3) is 11.5 Å². The molecule has 1 amide bonds. The van der Waals surface area contributed by atoms with E-state index in [4.69, 9.17) is 4.42 Å². The number of amides is 1. The van der Waals surface area contributed by atoms with E-state index in [-0.39, 0.29) is 10.8 Å². The van der Waals surface area contributed by atoms with Crippen LogP contribution < -0.4 is 10.0 Å². The minimum atomic E-state index is -3.55. The summed E-state index contributed by atoms with van der Waals surface area (Å²) in [5.74, 6) is -0.0147. The first-order chi connectivity index (χ1) is 12.5. The number of nitrogens with one attached hydrogen (secondary N) is 2. The van der Waals surface area contributed by atoms with Gasteiger partial charge in [-0.2, -0.15) is 0 Å². The SMILES string of the molecule is CCNS(=O)(=O)c1ccc(C(=O)Nc2cccc(-c3nnco3)c2)cc1. The molecule has 9 heteroatoms. The summed E-state index contributed by atoms with van der Waals surface area (Å²) < 4.78 is 31.4. The number of nitrogens with zero attached hydrogens (tertiary/aromatic N) is 2. The number of hydrogen-bond donors (Lipinski definition) is 2. The van der Waals surface area contributed by atoms with Gasteiger partial charge in [0.15, 0.2) is 0 Å². The molecule has 0 fully saturated rings. The van der Waals surface area contributed by atoms with Crippen LogP contribution in [0.1, 0.15) is 17.3 Å². The maximum Gasteiger partial charge on any atom is 0.255 e. The average Bonchev–Trinajstić information content (AvgIpc) is 3.17. The van der Waals surface area contributed by atoms with Crippen molar-refractivity contribution in [2.75, 3.05) is 11.9 Å². The molecule has 1 heterocycles. The lowest BCUT2D eigenvalue weighted by atomic mass is 10.1. The highest BCUT2D eigenvalue weighted by atomic mass is 32.2. The molecular formula is C17H16N4O4S. The molecule has 0 atom stereocenters. The topological polar surface area (TPSA) is 114 Å². The Balaban J connectivity index is 1.75. The normalized spacial score (nSPS) is 11.3. The highest BCUT2D eigenvalue weighted by molar-refractivity contribution is 7.89. The molecule has 0 aliphatic carbocycles. The third-order valence-electron chi connectivity index (χ3n) is 3.49. The molecule has 26 heavy (non-hydrogen) atoms. The van der Waals surface area contributed by atoms with Crippen LogP contribution in [0.15, 0.2) is 64.2 Å². The van der Waals surface area contributed by atoms with E-state index < -0.39 is 10.0 Å². The second-order valence-corrected chi connectivity index (χ2v) is 7.07. The Bertz CT molecular complexity index is 1000. The molecule has 8 nitrogen and oxygen atoms in total. The maximum atomic E-state index is 12.4. The average molecular weight is 372 g/mol. The predicted octanol–water partition coefficient (Wildman–Crippen LogP) is 2.29. The van der Waals surface area contributed by atoms with Gasteiger partial charge in [-0.05, 0) is 42.5 Å². The van der Waals surface area contributed by atoms with Gasteiger partial charge in [-0.3, -0.25) is 4.79 Å². The lowest BCUT2D eigenvalue weighted by Gasteiger charge is -2.08. The van der Waals surface area contributed by atoms with Gasteiger partial charge in [0.2, 0.25) is 22.3 Å². The summed E-state index contributed by atoms with van der Waals surface area (Å²) in [6, 6.07) is 12.7. The number of sulfonamides is 1. The smallest absolute Gasteiger partial charge is 0.255 e. The highest BCUT2D eigenvalue weighted by Crippen LogP contribution is 2.21. The van der Waals surface area contributed by atoms with Crippen molar-refractivity contribution in [3.05, 3.63) is 60.5 Å². The minimum Gasteiger partial charge on any atom is -0.423 e. The standard InChI is InChI=1S/C17H16N4O4S/c1-2-19-26(23,24)15-8-6-12(7-9-15)16(22)20-14-5-3-4-13(10-14)17-21-18-11-25-17/h3-11,19H,2H2,1H3,(H,20,22). The zero-order chi connectivity index (χ0) is 18.6. The monoisotopic (exact) mass is 372 g/mol. The van der Waals surface area contributed by atoms with Crippen LogP contribution in [0.4, 0.5) is 5.69 Å². The Hall–Kier alpha value is -3.04. The van der Waals surface area contributed by atoms with Crippen LogP contribution in [-0.2, 0) is 10.0 Å². The van der Waals surface area contributed by atoms with Crippen LogP contribution in [0.5, 0.6) is 0 Å². The predicted molar refractivity (Wildman–Crippen MR) is 95.0 cm³/mol. The number of anilines is 1. The summed E-state index contributed by atoms with van der Waals surface area (Å²) in [5.41, 5.74) is 1.56. The molecular weight excluding hydrogens is 356 g/mol. The molecule has 0 spiro atoms. The second kappa shape index (κ2) is 7.46. The third-order valence-corrected chi connectivity index (χ3v) is 5.05. The first kappa shape index (κ1) is 17.8. The molecule has 0 radical (unpaired) electrons. The van der Waals surface area contributed by atoms with Gasteiger partial charge in [0.1, 0.15) is 0 Å². The van der Waals surface area contributed by atoms with Crippen molar-refractivity contribution in [2.24, 2.45) is 0 Å². The van der Waals surface area contributed by atoms with E-state index in [1.54, 1.807) is 31.2 Å². The zero-order valence-electron chi connectivity index (χ0n) is 13.8. The van der Waals surface area contributed by atoms with Crippen molar-refractivity contribution >= 4 is 21.6 Å². The highest BCUT2D eigenvalue weighted by Gasteiger charge is 2.14. The molecule has 2 N–H and O–H groups in total. The summed E-state index contributed by atoms with van der Waals surface area (Å²) >= 11 is 0. The van der Waals surface area contributed by atoms with Crippen LogP contribution in [0, 0.1) is 0 Å². The summed E-state index contributed by atoms with van der Waals surface area (Å²) in [4.78, 5) is 12.5. The fourth-order valence-corrected chi connectivity index (χ4v) is 3.33. The molecule has 0 aliphatic heterocycles. The lowest BCUT2D eigenvalue weighted by molar-refractivity contribution is 0.102. The van der Waals surface area contributed by atoms with Crippen molar-refractivity contribution in [1.29, 1.82) is 0 Å². The minimum absolute atomic E-state index is 0.106. The summed E-state index contributed by atoms with van der Waals surface area (Å²) in [6.45, 7) is 1.99. The Morgan fingerprint density at radius 3 is 2.58 bits per heavy atom. The van der Waals surface area contributed by atoms with Gasteiger partial charge in [-0.1, -0.05) is 13.0 Å². The third kappa shape index (κ3) is 3.95. The van der Waals surface area contributed by atoms with Gasteiger partial charge in [-0.15, -0.1) is 10.2 Å². The molecule has 1 aromatic heterocycles. The molecule has 0 saturated carbocycles. The fraction of sp³-hybridized carbons (Fsp3) is 0.118. The number of aromatic nitrogens is 2. The summed E-state index contributed by atoms with van der Waals surface area (Å²) in [7, 11) is -3.55. The maximum absolute atomic E-state index is 12.4. The van der Waals surface area contributed by atoms with Crippen molar-refractivity contribution in [3.63, 3.8) is 0 Å². The van der Waals surface area contributed by atoms with E-state index >= 15 is 0 Å². The first-order valence-corrected chi connectivity index (χ1v) is 9.25. The van der Waals surface area contributed by atoms with Crippen LogP contribution in [0.2, 0.25) is 0 Å². The van der Waals surface area contributed by atoms with E-state index in [0.717, 1.165) is 0 Å². The molecule has 0 aliphatic rings. The summed E-state index contributed by atoms with van der Waals surface area (Å²) in [6.07, 6.45) is 1.23. The fourth-order valence-electron chi connectivity index (χ4n) is 2.29. The molecule has 0 bridgehead atoms. The van der Waals surface area contributed by atoms with E-state index in [0.29, 0.717) is 29.2 Å². The number of hydrogen-bond acceptors (Lipinski definition) is 6. The Morgan fingerprint density at radius 1 is 1.15 bits per heavy atom. The number of carbonyl (C=O) groups is 1. The Kier molecular flexibility index (Phi) is 5.10. The zero-order valence-corrected chi connectivity index (χ0v) is 14.7. The van der Waals surface area contributed by atoms with Crippen LogP contribution in [-0.4, -0.2) is 31.1 Å². The van der Waals surface area contributed by atoms with Gasteiger partial charge in [0.05, 0.1) is 4.90 Å². The van der Waals surface area contributed by atoms with Crippen molar-refractivity contribution in [2.45, 2.75) is 11.8 Å². The van der Waals surface area contributed by atoms with Gasteiger partial charge in [-0.25, -0.2) is 13.1 Å². The number of benzene rings is 2. The van der Waals surface area contributed by atoms with Crippen LogP contribution in [0.3, 0.4) is 0 Å². The van der Waals surface area contributed by atoms with Crippen molar-refractivity contribution in [3.8, 4) is 11.5 Å². The van der Waals surface area contributed by atoms with E-state index in [2.05, 4.69) is 20.2 Å². The molecule has 2 aromatic carbocycles. The molecule has 0 unspecified atom stereocenters. The van der Waals surface area contributed by atoms with E-state index in [9.17, 15) is 13.2 Å². The largest absolute Gasteiger partial charge is 0.423 e. The van der Waals surface area contributed by atoms with Gasteiger partial charge >= 0.3 is 0 Å². The van der Waals surface area contributed by atoms with Crippen molar-refractivity contribution in [1.82, 2.24) is 14.9 Å². The Morgan fingerprint density at radius 2 is 1.92 bits per heavy atom. The van der Waals surface area contributed by atoms with E-state index in [1.165, 1.54) is 30.7 Å². The summed E-state index contributed by atoms with van der Waals surface area (Å²) in [5, 5.41) is 10.2. The lowest BCUT2D eigenvalue weighted by Crippen LogP contribution is -2.23. The number of rotatable bonds is 6. The number of carbonyl (C=O) groups excluding carboxylic acids is 1. The van der Waals surface area contributed by atoms with E-state index in [1.807, 2.05) is 0 Å². The second-order valence-electron chi connectivity index (χ2n) is 5.30. The molecule has 134 valence electrons. The molecule has 3 rings (SSSR count). The van der Waals surface area contributed by atoms with Gasteiger partial charge in [0, 0.05) is 23.4 Å². The van der Waals surface area contributed by atoms with Gasteiger partial charge < -0.3 is 9.73 Å².